The van der Waals surface area contributed by atoms with Gasteiger partial charge < -0.3 is 0 Å². The number of rotatable bonds is 3. The van der Waals surface area contributed by atoms with E-state index in [1.807, 2.05) is 27.7 Å². The highest BCUT2D eigenvalue weighted by Crippen LogP contribution is 2.10. The Morgan fingerprint density at radius 2 is 1.86 bits per heavy atom. The summed E-state index contributed by atoms with van der Waals surface area (Å²) >= 11 is 0. The number of hydrogen-bond acceptors (Lipinski definition) is 3. The fraction of sp³-hybridized carbons (Fsp3) is 0.800. The van der Waals surface area contributed by atoms with E-state index in [1.54, 1.807) is 0 Å². The molecule has 0 saturated heterocycles. The molecule has 0 saturated carbocycles. The molecule has 0 aromatic carbocycles. The molecule has 3 nitrogen and oxygen atoms in total. The Morgan fingerprint density at radius 3 is 2.21 bits per heavy atom. The van der Waals surface area contributed by atoms with Gasteiger partial charge in [0.05, 0.1) is 12.9 Å². The molecule has 0 amide bonds. The molecule has 1 atom stereocenters. The first-order chi connectivity index (χ1) is 6.10. The summed E-state index contributed by atoms with van der Waals surface area (Å²) in [5.74, 6) is 5.92. The zero-order valence-corrected chi connectivity index (χ0v) is 10.2. The number of hydrogen-bond donors (Lipinski definition) is 0. The SMILES string of the molecule is CC(C#CC(C)(C)C)COS(C)(=O)=O. The molecule has 0 aromatic rings. The molecule has 0 aliphatic heterocycles. The largest absolute Gasteiger partial charge is 0.269 e. The first-order valence-corrected chi connectivity index (χ1v) is 6.29. The van der Waals surface area contributed by atoms with Crippen molar-refractivity contribution in [1.29, 1.82) is 0 Å². The molecule has 0 spiro atoms. The topological polar surface area (TPSA) is 43.4 Å². The van der Waals surface area contributed by atoms with Gasteiger partial charge in [0, 0.05) is 11.3 Å². The molecule has 0 aromatic heterocycles. The predicted molar refractivity (Wildman–Crippen MR) is 57.2 cm³/mol. The van der Waals surface area contributed by atoms with Crippen LogP contribution in [0, 0.1) is 23.2 Å². The quantitative estimate of drug-likeness (QED) is 0.534. The molecule has 1 unspecified atom stereocenters. The van der Waals surface area contributed by atoms with E-state index >= 15 is 0 Å². The Bertz CT molecular complexity index is 325. The first kappa shape index (κ1) is 13.5. The summed E-state index contributed by atoms with van der Waals surface area (Å²) < 4.78 is 26.0. The smallest absolute Gasteiger partial charge is 0.264 e. The monoisotopic (exact) mass is 218 g/mol. The average molecular weight is 218 g/mol. The van der Waals surface area contributed by atoms with Crippen molar-refractivity contribution in [2.45, 2.75) is 27.7 Å². The third-order valence-corrected chi connectivity index (χ3v) is 1.79. The Hall–Kier alpha value is -0.530. The van der Waals surface area contributed by atoms with E-state index in [-0.39, 0.29) is 17.9 Å². The highest BCUT2D eigenvalue weighted by atomic mass is 32.2. The van der Waals surface area contributed by atoms with Crippen molar-refractivity contribution in [2.75, 3.05) is 12.9 Å². The van der Waals surface area contributed by atoms with Crippen LogP contribution in [0.4, 0.5) is 0 Å². The summed E-state index contributed by atoms with van der Waals surface area (Å²) in [5, 5.41) is 0. The van der Waals surface area contributed by atoms with Gasteiger partial charge in [-0.05, 0) is 27.7 Å². The van der Waals surface area contributed by atoms with Gasteiger partial charge in [0.2, 0.25) is 0 Å². The molecule has 0 bridgehead atoms. The molecular weight excluding hydrogens is 200 g/mol. The Labute approximate surface area is 87.0 Å². The van der Waals surface area contributed by atoms with Crippen molar-refractivity contribution in [3.63, 3.8) is 0 Å². The summed E-state index contributed by atoms with van der Waals surface area (Å²) in [4.78, 5) is 0. The van der Waals surface area contributed by atoms with Crippen LogP contribution in [-0.2, 0) is 14.3 Å². The molecule has 0 radical (unpaired) electrons. The van der Waals surface area contributed by atoms with Crippen molar-refractivity contribution < 1.29 is 12.6 Å². The van der Waals surface area contributed by atoms with E-state index in [0.29, 0.717) is 0 Å². The maximum atomic E-state index is 10.7. The van der Waals surface area contributed by atoms with Gasteiger partial charge in [-0.15, -0.1) is 0 Å². The summed E-state index contributed by atoms with van der Waals surface area (Å²) in [6, 6.07) is 0. The third kappa shape index (κ3) is 9.56. The zero-order chi connectivity index (χ0) is 11.4. The first-order valence-electron chi connectivity index (χ1n) is 4.47. The fourth-order valence-electron chi connectivity index (χ4n) is 0.607. The van der Waals surface area contributed by atoms with E-state index in [0.717, 1.165) is 6.26 Å². The van der Waals surface area contributed by atoms with E-state index in [2.05, 4.69) is 16.0 Å². The minimum Gasteiger partial charge on any atom is -0.269 e. The third-order valence-electron chi connectivity index (χ3n) is 1.23. The summed E-state index contributed by atoms with van der Waals surface area (Å²) in [5.41, 5.74) is -0.0562. The Morgan fingerprint density at radius 1 is 1.36 bits per heavy atom. The van der Waals surface area contributed by atoms with Crippen molar-refractivity contribution >= 4 is 10.1 Å². The maximum Gasteiger partial charge on any atom is 0.264 e. The second-order valence-corrected chi connectivity index (χ2v) is 6.05. The van der Waals surface area contributed by atoms with Gasteiger partial charge in [-0.1, -0.05) is 11.8 Å². The second kappa shape index (κ2) is 4.81. The van der Waals surface area contributed by atoms with E-state index < -0.39 is 10.1 Å². The molecule has 0 rings (SSSR count). The molecule has 14 heavy (non-hydrogen) atoms. The second-order valence-electron chi connectivity index (χ2n) is 4.41. The van der Waals surface area contributed by atoms with Gasteiger partial charge in [0.25, 0.3) is 10.1 Å². The van der Waals surface area contributed by atoms with Crippen LogP contribution in [0.1, 0.15) is 27.7 Å². The zero-order valence-electron chi connectivity index (χ0n) is 9.42. The van der Waals surface area contributed by atoms with E-state index in [4.69, 9.17) is 0 Å². The van der Waals surface area contributed by atoms with Gasteiger partial charge in [-0.25, -0.2) is 0 Å². The lowest BCUT2D eigenvalue weighted by Crippen LogP contribution is -2.10. The normalized spacial score (nSPS) is 14.4. The molecule has 0 aliphatic rings. The van der Waals surface area contributed by atoms with Gasteiger partial charge in [-0.3, -0.25) is 4.18 Å². The van der Waals surface area contributed by atoms with Crippen LogP contribution in [0.25, 0.3) is 0 Å². The summed E-state index contributed by atoms with van der Waals surface area (Å²) in [6.45, 7) is 7.98. The maximum absolute atomic E-state index is 10.7. The van der Waals surface area contributed by atoms with Crippen LogP contribution >= 0.6 is 0 Å². The van der Waals surface area contributed by atoms with Gasteiger partial charge in [0.1, 0.15) is 0 Å². The molecular formula is C10H18O3S. The Balaban J connectivity index is 4.11. The van der Waals surface area contributed by atoms with Gasteiger partial charge >= 0.3 is 0 Å². The minimum absolute atomic E-state index is 0.0562. The van der Waals surface area contributed by atoms with Gasteiger partial charge in [-0.2, -0.15) is 8.42 Å². The standard InChI is InChI=1S/C10H18O3S/c1-9(6-7-10(2,3)4)8-13-14(5,11)12/h9H,8H2,1-5H3. The minimum atomic E-state index is -3.34. The van der Waals surface area contributed by atoms with Crippen molar-refractivity contribution in [2.24, 2.45) is 11.3 Å². The lowest BCUT2D eigenvalue weighted by molar-refractivity contribution is 0.295. The van der Waals surface area contributed by atoms with Crippen LogP contribution in [0.5, 0.6) is 0 Å². The summed E-state index contributed by atoms with van der Waals surface area (Å²) in [7, 11) is -3.34. The van der Waals surface area contributed by atoms with Crippen molar-refractivity contribution in [3.8, 4) is 11.8 Å². The summed E-state index contributed by atoms with van der Waals surface area (Å²) in [6.07, 6.45) is 1.04. The van der Waals surface area contributed by atoms with Crippen LogP contribution < -0.4 is 0 Å². The van der Waals surface area contributed by atoms with Crippen LogP contribution in [0.2, 0.25) is 0 Å². The molecule has 0 N–H and O–H groups in total. The molecule has 82 valence electrons. The highest BCUT2D eigenvalue weighted by Gasteiger charge is 2.07. The van der Waals surface area contributed by atoms with E-state index in [9.17, 15) is 8.42 Å². The van der Waals surface area contributed by atoms with Crippen LogP contribution in [0.3, 0.4) is 0 Å². The molecule has 4 heteroatoms. The molecule has 0 aliphatic carbocycles. The molecule has 0 heterocycles. The van der Waals surface area contributed by atoms with Crippen LogP contribution in [-0.4, -0.2) is 21.3 Å². The molecule has 0 fully saturated rings. The lowest BCUT2D eigenvalue weighted by atomic mass is 9.97. The van der Waals surface area contributed by atoms with Crippen LogP contribution in [0.15, 0.2) is 0 Å². The average Bonchev–Trinajstić information content (AvgIpc) is 1.94. The van der Waals surface area contributed by atoms with Gasteiger partial charge in [0.15, 0.2) is 0 Å². The Kier molecular flexibility index (Phi) is 4.63. The predicted octanol–water partition coefficient (Wildman–Crippen LogP) is 1.65. The van der Waals surface area contributed by atoms with Crippen molar-refractivity contribution in [3.05, 3.63) is 0 Å². The lowest BCUT2D eigenvalue weighted by Gasteiger charge is -2.09. The van der Waals surface area contributed by atoms with E-state index in [1.165, 1.54) is 0 Å². The fourth-order valence-corrected chi connectivity index (χ4v) is 1.06. The van der Waals surface area contributed by atoms with Crippen molar-refractivity contribution in [1.82, 2.24) is 0 Å². The highest BCUT2D eigenvalue weighted by molar-refractivity contribution is 7.85.